The van der Waals surface area contributed by atoms with Crippen LogP contribution in [0.25, 0.3) is 0 Å². The highest BCUT2D eigenvalue weighted by atomic mass is 32.2. The van der Waals surface area contributed by atoms with Gasteiger partial charge in [0.15, 0.2) is 0 Å². The average molecular weight is 290 g/mol. The smallest absolute Gasteiger partial charge is 0.243 e. The average Bonchev–Trinajstić information content (AvgIpc) is 2.35. The van der Waals surface area contributed by atoms with Gasteiger partial charge in [0.1, 0.15) is 5.82 Å². The van der Waals surface area contributed by atoms with Gasteiger partial charge >= 0.3 is 0 Å². The van der Waals surface area contributed by atoms with Crippen LogP contribution < -0.4 is 5.73 Å². The van der Waals surface area contributed by atoms with E-state index in [2.05, 4.69) is 0 Å². The minimum Gasteiger partial charge on any atom is -0.395 e. The number of rotatable bonds is 6. The molecule has 3 N–H and O–H groups in total. The van der Waals surface area contributed by atoms with Crippen LogP contribution in [0.3, 0.4) is 0 Å². The van der Waals surface area contributed by atoms with Crippen molar-refractivity contribution in [3.8, 4) is 0 Å². The molecular formula is C12H19FN2O3S. The zero-order valence-corrected chi connectivity index (χ0v) is 11.8. The lowest BCUT2D eigenvalue weighted by Crippen LogP contribution is -2.39. The molecule has 0 radical (unpaired) electrons. The highest BCUT2D eigenvalue weighted by molar-refractivity contribution is 7.89. The fourth-order valence-electron chi connectivity index (χ4n) is 1.76. The Labute approximate surface area is 112 Å². The van der Waals surface area contributed by atoms with E-state index >= 15 is 0 Å². The topological polar surface area (TPSA) is 83.6 Å². The Hall–Kier alpha value is -1.02. The van der Waals surface area contributed by atoms with Crippen molar-refractivity contribution in [1.82, 2.24) is 4.31 Å². The molecule has 1 aromatic carbocycles. The van der Waals surface area contributed by atoms with Gasteiger partial charge in [-0.15, -0.1) is 0 Å². The quantitative estimate of drug-likeness (QED) is 0.807. The summed E-state index contributed by atoms with van der Waals surface area (Å²) in [5.74, 6) is -0.528. The van der Waals surface area contributed by atoms with Crippen LogP contribution in [0, 0.1) is 5.82 Å². The molecule has 1 rings (SSSR count). The molecule has 0 saturated heterocycles. The predicted octanol–water partition coefficient (Wildman–Crippen LogP) is 0.676. The maximum Gasteiger partial charge on any atom is 0.243 e. The molecule has 5 nitrogen and oxygen atoms in total. The molecule has 0 aromatic heterocycles. The molecule has 1 aromatic rings. The molecule has 0 amide bonds. The Balaban J connectivity index is 3.25. The SMILES string of the molecule is CC(C)N(CCO)S(=O)(=O)c1ccc(F)c(CN)c1. The number of nitrogens with two attached hydrogens (primary N) is 1. The van der Waals surface area contributed by atoms with Crippen LogP contribution in [-0.2, 0) is 16.6 Å². The van der Waals surface area contributed by atoms with Gasteiger partial charge in [-0.25, -0.2) is 12.8 Å². The largest absolute Gasteiger partial charge is 0.395 e. The first-order valence-electron chi connectivity index (χ1n) is 5.95. The number of nitrogens with zero attached hydrogens (tertiary/aromatic N) is 1. The highest BCUT2D eigenvalue weighted by Gasteiger charge is 2.27. The van der Waals surface area contributed by atoms with E-state index in [0.717, 1.165) is 6.07 Å². The van der Waals surface area contributed by atoms with Gasteiger partial charge in [-0.2, -0.15) is 4.31 Å². The normalized spacial score (nSPS) is 12.4. The van der Waals surface area contributed by atoms with E-state index in [1.165, 1.54) is 16.4 Å². The summed E-state index contributed by atoms with van der Waals surface area (Å²) in [5, 5.41) is 8.95. The van der Waals surface area contributed by atoms with Crippen LogP contribution in [0.4, 0.5) is 4.39 Å². The summed E-state index contributed by atoms with van der Waals surface area (Å²) in [4.78, 5) is -0.0171. The number of sulfonamides is 1. The lowest BCUT2D eigenvalue weighted by atomic mass is 10.2. The van der Waals surface area contributed by atoms with Crippen LogP contribution in [0.5, 0.6) is 0 Å². The van der Waals surface area contributed by atoms with Crippen molar-refractivity contribution in [2.75, 3.05) is 13.2 Å². The molecule has 0 aliphatic carbocycles. The Morgan fingerprint density at radius 1 is 1.42 bits per heavy atom. The second kappa shape index (κ2) is 6.42. The van der Waals surface area contributed by atoms with E-state index < -0.39 is 15.8 Å². The van der Waals surface area contributed by atoms with Crippen molar-refractivity contribution in [3.05, 3.63) is 29.6 Å². The number of hydrogen-bond donors (Lipinski definition) is 2. The van der Waals surface area contributed by atoms with Crippen molar-refractivity contribution in [3.63, 3.8) is 0 Å². The van der Waals surface area contributed by atoms with E-state index in [0.29, 0.717) is 0 Å². The molecule has 0 unspecified atom stereocenters. The van der Waals surface area contributed by atoms with Gasteiger partial charge in [0.05, 0.1) is 11.5 Å². The van der Waals surface area contributed by atoms with Gasteiger partial charge < -0.3 is 10.8 Å². The third kappa shape index (κ3) is 3.50. The summed E-state index contributed by atoms with van der Waals surface area (Å²) in [6.45, 7) is 3.07. The molecule has 0 atom stereocenters. The van der Waals surface area contributed by atoms with E-state index in [-0.39, 0.29) is 36.2 Å². The fraction of sp³-hybridized carbons (Fsp3) is 0.500. The summed E-state index contributed by atoms with van der Waals surface area (Å²) >= 11 is 0. The van der Waals surface area contributed by atoms with Crippen molar-refractivity contribution in [1.29, 1.82) is 0 Å². The first-order chi connectivity index (χ1) is 8.84. The summed E-state index contributed by atoms with van der Waals surface area (Å²) in [6, 6.07) is 3.23. The predicted molar refractivity (Wildman–Crippen MR) is 70.4 cm³/mol. The molecule has 0 saturated carbocycles. The molecule has 19 heavy (non-hydrogen) atoms. The number of hydrogen-bond acceptors (Lipinski definition) is 4. The number of aliphatic hydroxyl groups is 1. The molecular weight excluding hydrogens is 271 g/mol. The van der Waals surface area contributed by atoms with Crippen LogP contribution in [0.1, 0.15) is 19.4 Å². The summed E-state index contributed by atoms with van der Waals surface area (Å²) < 4.78 is 39.3. The van der Waals surface area contributed by atoms with E-state index in [1.807, 2.05) is 0 Å². The third-order valence-corrected chi connectivity index (χ3v) is 4.81. The number of aliphatic hydroxyl groups excluding tert-OH is 1. The van der Waals surface area contributed by atoms with Gasteiger partial charge in [-0.3, -0.25) is 0 Å². The van der Waals surface area contributed by atoms with Gasteiger partial charge in [0, 0.05) is 24.7 Å². The first-order valence-corrected chi connectivity index (χ1v) is 7.39. The Morgan fingerprint density at radius 3 is 2.53 bits per heavy atom. The fourth-order valence-corrected chi connectivity index (χ4v) is 3.44. The monoisotopic (exact) mass is 290 g/mol. The summed E-state index contributed by atoms with van der Waals surface area (Å²) in [6.07, 6.45) is 0. The third-order valence-electron chi connectivity index (χ3n) is 2.74. The van der Waals surface area contributed by atoms with Crippen LogP contribution >= 0.6 is 0 Å². The molecule has 0 fully saturated rings. The van der Waals surface area contributed by atoms with Gasteiger partial charge in [0.2, 0.25) is 10.0 Å². The lowest BCUT2D eigenvalue weighted by molar-refractivity contribution is 0.236. The first kappa shape index (κ1) is 16.0. The molecule has 0 heterocycles. The van der Waals surface area contributed by atoms with Crippen molar-refractivity contribution in [2.24, 2.45) is 5.73 Å². The Bertz CT molecular complexity index is 532. The van der Waals surface area contributed by atoms with Crippen molar-refractivity contribution < 1.29 is 17.9 Å². The van der Waals surface area contributed by atoms with Gasteiger partial charge in [0.25, 0.3) is 0 Å². The Kier molecular flexibility index (Phi) is 5.42. The standard InChI is InChI=1S/C12H19FN2O3S/c1-9(2)15(5-6-16)19(17,18)11-3-4-12(13)10(7-11)8-14/h3-4,7,9,16H,5-6,8,14H2,1-2H3. The number of halogens is 1. The lowest BCUT2D eigenvalue weighted by Gasteiger charge is -2.25. The van der Waals surface area contributed by atoms with E-state index in [4.69, 9.17) is 10.8 Å². The van der Waals surface area contributed by atoms with Gasteiger partial charge in [-0.05, 0) is 32.0 Å². The van der Waals surface area contributed by atoms with Gasteiger partial charge in [-0.1, -0.05) is 0 Å². The number of benzene rings is 1. The molecule has 0 bridgehead atoms. The minimum atomic E-state index is -3.76. The highest BCUT2D eigenvalue weighted by Crippen LogP contribution is 2.20. The van der Waals surface area contributed by atoms with Crippen molar-refractivity contribution >= 4 is 10.0 Å². The molecule has 0 spiro atoms. The molecule has 108 valence electrons. The van der Waals surface area contributed by atoms with Crippen LogP contribution in [0.15, 0.2) is 23.1 Å². The van der Waals surface area contributed by atoms with Crippen LogP contribution in [-0.4, -0.2) is 37.0 Å². The summed E-state index contributed by atoms with van der Waals surface area (Å²) in [5.41, 5.74) is 5.52. The second-order valence-corrected chi connectivity index (χ2v) is 6.28. The Morgan fingerprint density at radius 2 is 2.05 bits per heavy atom. The molecule has 0 aliphatic rings. The summed E-state index contributed by atoms with van der Waals surface area (Å²) in [7, 11) is -3.76. The maximum atomic E-state index is 13.3. The molecule has 7 heteroatoms. The second-order valence-electron chi connectivity index (χ2n) is 4.39. The molecule has 0 aliphatic heterocycles. The minimum absolute atomic E-state index is 0.00463. The van der Waals surface area contributed by atoms with Crippen LogP contribution in [0.2, 0.25) is 0 Å². The maximum absolute atomic E-state index is 13.3. The van der Waals surface area contributed by atoms with E-state index in [9.17, 15) is 12.8 Å². The van der Waals surface area contributed by atoms with E-state index in [1.54, 1.807) is 13.8 Å². The van der Waals surface area contributed by atoms with Crippen molar-refractivity contribution in [2.45, 2.75) is 31.3 Å². The zero-order chi connectivity index (χ0) is 14.6. The zero-order valence-electron chi connectivity index (χ0n) is 11.0.